The van der Waals surface area contributed by atoms with Crippen LogP contribution in [0.2, 0.25) is 0 Å². The average Bonchev–Trinajstić information content (AvgIpc) is 3.33. The summed E-state index contributed by atoms with van der Waals surface area (Å²) in [6, 6.07) is 0. The van der Waals surface area contributed by atoms with Crippen LogP contribution in [0.4, 0.5) is 0 Å². The van der Waals surface area contributed by atoms with E-state index in [-0.39, 0.29) is 0 Å². The van der Waals surface area contributed by atoms with Crippen molar-refractivity contribution in [1.82, 2.24) is 0 Å². The molecule has 0 saturated carbocycles. The quantitative estimate of drug-likeness (QED) is 0.395. The van der Waals surface area contributed by atoms with E-state index in [1.165, 1.54) is 57.8 Å². The van der Waals surface area contributed by atoms with Crippen LogP contribution in [0.5, 0.6) is 0 Å². The maximum Gasteiger partial charge on any atom is 0.104 e. The first-order valence-electron chi connectivity index (χ1n) is 8.67. The molecule has 0 N–H and O–H groups in total. The van der Waals surface area contributed by atoms with Gasteiger partial charge in [-0.1, -0.05) is 71.6 Å². The van der Waals surface area contributed by atoms with Crippen molar-refractivity contribution in [2.45, 2.75) is 83.8 Å². The van der Waals surface area contributed by atoms with Gasteiger partial charge in [0, 0.05) is 0 Å². The highest BCUT2D eigenvalue weighted by Gasteiger charge is 2.26. The molecule has 20 heavy (non-hydrogen) atoms. The second-order valence-corrected chi connectivity index (χ2v) is 5.92. The molecule has 2 aliphatic heterocycles. The van der Waals surface area contributed by atoms with Gasteiger partial charge in [0.25, 0.3) is 0 Å². The van der Waals surface area contributed by atoms with Crippen molar-refractivity contribution in [2.24, 2.45) is 0 Å². The molecule has 0 amide bonds. The highest BCUT2D eigenvalue weighted by molar-refractivity contribution is 4.71. The Morgan fingerprint density at radius 3 is 1.35 bits per heavy atom. The van der Waals surface area contributed by atoms with Gasteiger partial charge in [-0.25, -0.2) is 0 Å². The molecule has 0 aromatic rings. The Hall–Kier alpha value is -0.120. The molecule has 120 valence electrons. The zero-order valence-corrected chi connectivity index (χ0v) is 13.6. The van der Waals surface area contributed by atoms with E-state index >= 15 is 0 Å². The van der Waals surface area contributed by atoms with Crippen molar-refractivity contribution in [3.8, 4) is 0 Å². The zero-order chi connectivity index (χ0) is 14.5. The Morgan fingerprint density at radius 2 is 1.05 bits per heavy atom. The van der Waals surface area contributed by atoms with E-state index in [4.69, 9.17) is 14.2 Å². The number of hydrogen-bond donors (Lipinski definition) is 0. The Kier molecular flexibility index (Phi) is 11.3. The molecular formula is C17H34O3. The second kappa shape index (κ2) is 12.6. The van der Waals surface area contributed by atoms with Crippen molar-refractivity contribution in [1.29, 1.82) is 0 Å². The molecule has 0 bridgehead atoms. The van der Waals surface area contributed by atoms with Gasteiger partial charge >= 0.3 is 0 Å². The van der Waals surface area contributed by atoms with Crippen LogP contribution in [-0.2, 0) is 14.2 Å². The van der Waals surface area contributed by atoms with Crippen LogP contribution < -0.4 is 0 Å². The maximum absolute atomic E-state index is 5.23. The molecule has 0 aliphatic carbocycles. The first kappa shape index (κ1) is 17.9. The highest BCUT2D eigenvalue weighted by Crippen LogP contribution is 2.12. The summed E-state index contributed by atoms with van der Waals surface area (Å²) in [5.41, 5.74) is 0. The third-order valence-corrected chi connectivity index (χ3v) is 3.62. The van der Waals surface area contributed by atoms with Gasteiger partial charge < -0.3 is 14.2 Å². The lowest BCUT2D eigenvalue weighted by atomic mass is 10.1. The third-order valence-electron chi connectivity index (χ3n) is 3.62. The van der Waals surface area contributed by atoms with Crippen LogP contribution in [0.15, 0.2) is 0 Å². The molecule has 0 aromatic carbocycles. The van der Waals surface area contributed by atoms with E-state index in [9.17, 15) is 0 Å². The number of unbranched alkanes of at least 4 members (excludes halogenated alkanes) is 8. The third kappa shape index (κ3) is 12.9. The lowest BCUT2D eigenvalue weighted by molar-refractivity contribution is 0.102. The van der Waals surface area contributed by atoms with E-state index in [1.807, 2.05) is 0 Å². The molecule has 2 saturated heterocycles. The Balaban J connectivity index is 0.000000202. The van der Waals surface area contributed by atoms with Crippen molar-refractivity contribution in [3.63, 3.8) is 0 Å². The fourth-order valence-electron chi connectivity index (χ4n) is 2.04. The minimum absolute atomic E-state index is 0.392. The average molecular weight is 286 g/mol. The molecule has 0 radical (unpaired) electrons. The standard InChI is InChI=1S/C11H24.C6H10O3/c1-3-5-7-9-11-10-8-6-4-2;1(5-3-8-5)7-2-6-4-9-6/h3-11H2,1-2H3;5-6H,1-4H2. The highest BCUT2D eigenvalue weighted by atomic mass is 16.6. The van der Waals surface area contributed by atoms with Gasteiger partial charge in [0.05, 0.1) is 26.4 Å². The fraction of sp³-hybridized carbons (Fsp3) is 1.00. The molecule has 2 aliphatic rings. The van der Waals surface area contributed by atoms with Gasteiger partial charge in [0.15, 0.2) is 0 Å². The summed E-state index contributed by atoms with van der Waals surface area (Å²) in [5.74, 6) is 0. The molecule has 3 heteroatoms. The van der Waals surface area contributed by atoms with Gasteiger partial charge in [0.1, 0.15) is 12.2 Å². The van der Waals surface area contributed by atoms with Crippen LogP contribution in [0, 0.1) is 0 Å². The summed E-state index contributed by atoms with van der Waals surface area (Å²) in [6.45, 7) is 7.81. The second-order valence-electron chi connectivity index (χ2n) is 5.92. The Labute approximate surface area is 125 Å². The topological polar surface area (TPSA) is 34.3 Å². The molecule has 3 nitrogen and oxygen atoms in total. The first-order valence-corrected chi connectivity index (χ1v) is 8.67. The van der Waals surface area contributed by atoms with Gasteiger partial charge in [-0.3, -0.25) is 0 Å². The number of hydrogen-bond acceptors (Lipinski definition) is 3. The smallest absolute Gasteiger partial charge is 0.104 e. The molecule has 2 rings (SSSR count). The minimum Gasteiger partial charge on any atom is -0.376 e. The van der Waals surface area contributed by atoms with Crippen LogP contribution in [-0.4, -0.2) is 38.6 Å². The van der Waals surface area contributed by atoms with Gasteiger partial charge in [0.2, 0.25) is 0 Å². The molecule has 0 spiro atoms. The SMILES string of the molecule is C(OCC1CO1)C1CO1.CCCCCCCCCCC. The minimum atomic E-state index is 0.392. The summed E-state index contributed by atoms with van der Waals surface area (Å²) >= 11 is 0. The molecule has 2 atom stereocenters. The van der Waals surface area contributed by atoms with E-state index in [1.54, 1.807) is 0 Å². The first-order chi connectivity index (χ1) is 9.86. The van der Waals surface area contributed by atoms with Crippen molar-refractivity contribution >= 4 is 0 Å². The van der Waals surface area contributed by atoms with Gasteiger partial charge in [-0.2, -0.15) is 0 Å². The number of epoxide rings is 2. The molecule has 2 fully saturated rings. The predicted molar refractivity (Wildman–Crippen MR) is 83.2 cm³/mol. The summed E-state index contributed by atoms with van der Waals surface area (Å²) in [5, 5.41) is 0. The summed E-state index contributed by atoms with van der Waals surface area (Å²) in [4.78, 5) is 0. The Bertz CT molecular complexity index is 180. The van der Waals surface area contributed by atoms with Gasteiger partial charge in [-0.15, -0.1) is 0 Å². The lowest BCUT2D eigenvalue weighted by Crippen LogP contribution is -2.06. The lowest BCUT2D eigenvalue weighted by Gasteiger charge is -1.98. The number of ether oxygens (including phenoxy) is 3. The summed E-state index contributed by atoms with van der Waals surface area (Å²) in [6.07, 6.45) is 13.7. The van der Waals surface area contributed by atoms with Gasteiger partial charge in [-0.05, 0) is 0 Å². The van der Waals surface area contributed by atoms with Crippen LogP contribution in [0.3, 0.4) is 0 Å². The zero-order valence-electron chi connectivity index (χ0n) is 13.6. The van der Waals surface area contributed by atoms with E-state index in [2.05, 4.69) is 13.8 Å². The Morgan fingerprint density at radius 1 is 0.700 bits per heavy atom. The largest absolute Gasteiger partial charge is 0.376 e. The van der Waals surface area contributed by atoms with Crippen molar-refractivity contribution < 1.29 is 14.2 Å². The summed E-state index contributed by atoms with van der Waals surface area (Å²) in [7, 11) is 0. The van der Waals surface area contributed by atoms with E-state index < -0.39 is 0 Å². The van der Waals surface area contributed by atoms with Crippen molar-refractivity contribution in [2.75, 3.05) is 26.4 Å². The fourth-order valence-corrected chi connectivity index (χ4v) is 2.04. The maximum atomic E-state index is 5.23. The molecule has 0 aromatic heterocycles. The van der Waals surface area contributed by atoms with Crippen LogP contribution >= 0.6 is 0 Å². The normalized spacial score (nSPS) is 23.1. The monoisotopic (exact) mass is 286 g/mol. The van der Waals surface area contributed by atoms with Crippen LogP contribution in [0.1, 0.15) is 71.6 Å². The molecule has 2 unspecified atom stereocenters. The van der Waals surface area contributed by atoms with E-state index in [0.29, 0.717) is 12.2 Å². The number of rotatable bonds is 12. The van der Waals surface area contributed by atoms with Crippen LogP contribution in [0.25, 0.3) is 0 Å². The van der Waals surface area contributed by atoms with E-state index in [0.717, 1.165) is 26.4 Å². The van der Waals surface area contributed by atoms with Crippen molar-refractivity contribution in [3.05, 3.63) is 0 Å². The molecular weight excluding hydrogens is 252 g/mol. The summed E-state index contributed by atoms with van der Waals surface area (Å²) < 4.78 is 15.1. The predicted octanol–water partition coefficient (Wildman–Crippen LogP) is 4.34. The molecule has 2 heterocycles.